The van der Waals surface area contributed by atoms with E-state index in [1.165, 1.54) is 12.1 Å². The first-order valence-electron chi connectivity index (χ1n) is 9.94. The van der Waals surface area contributed by atoms with Gasteiger partial charge in [-0.3, -0.25) is 4.79 Å². The number of nitrogens with zero attached hydrogens (tertiary/aromatic N) is 1. The van der Waals surface area contributed by atoms with Crippen molar-refractivity contribution in [2.24, 2.45) is 0 Å². The molecule has 0 saturated heterocycles. The number of amides is 1. The molecule has 0 aliphatic rings. The molecule has 0 bridgehead atoms. The van der Waals surface area contributed by atoms with E-state index in [0.717, 1.165) is 16.7 Å². The van der Waals surface area contributed by atoms with Crippen LogP contribution in [0.1, 0.15) is 22.8 Å². The number of carbonyl (C=O) groups excluding carboxylic acids is 1. The molecule has 0 radical (unpaired) electrons. The number of aromatic nitrogens is 1. The zero-order valence-corrected chi connectivity index (χ0v) is 16.7. The van der Waals surface area contributed by atoms with Crippen molar-refractivity contribution in [3.8, 4) is 5.88 Å². The van der Waals surface area contributed by atoms with E-state index in [0.29, 0.717) is 11.6 Å². The minimum atomic E-state index is -0.326. The third-order valence-corrected chi connectivity index (χ3v) is 4.74. The molecular weight excluding hydrogens is 391 g/mol. The van der Waals surface area contributed by atoms with Gasteiger partial charge in [0.05, 0.1) is 18.3 Å². The Labute approximate surface area is 180 Å². The highest BCUT2D eigenvalue weighted by Crippen LogP contribution is 2.27. The zero-order valence-electron chi connectivity index (χ0n) is 16.7. The predicted octanol–water partition coefficient (Wildman–Crippen LogP) is 5.57. The minimum absolute atomic E-state index is 0.155. The standard InChI is InChI=1S/C26H21FN2O2/c27-22-13-11-19(12-14-22)17-24(30)29-23-15-16-25(28-18-23)31-26(20-7-3-1-4-8-20)21-9-5-2-6-10-21/h1-16,18,26H,17H2,(H,29,30). The Morgan fingerprint density at radius 2 is 1.45 bits per heavy atom. The lowest BCUT2D eigenvalue weighted by Gasteiger charge is -2.19. The number of ether oxygens (including phenoxy) is 1. The molecule has 0 spiro atoms. The van der Waals surface area contributed by atoms with Gasteiger partial charge in [0.1, 0.15) is 5.82 Å². The Kier molecular flexibility index (Phi) is 6.33. The second kappa shape index (κ2) is 9.67. The van der Waals surface area contributed by atoms with Crippen molar-refractivity contribution in [1.82, 2.24) is 4.98 Å². The van der Waals surface area contributed by atoms with Crippen LogP contribution in [0.3, 0.4) is 0 Å². The number of hydrogen-bond acceptors (Lipinski definition) is 3. The lowest BCUT2D eigenvalue weighted by Crippen LogP contribution is -2.15. The van der Waals surface area contributed by atoms with Gasteiger partial charge < -0.3 is 10.1 Å². The number of rotatable bonds is 7. The van der Waals surface area contributed by atoms with E-state index in [1.54, 1.807) is 30.5 Å². The molecule has 4 rings (SSSR count). The second-order valence-electron chi connectivity index (χ2n) is 7.06. The first kappa shape index (κ1) is 20.3. The van der Waals surface area contributed by atoms with Crippen molar-refractivity contribution in [2.45, 2.75) is 12.5 Å². The van der Waals surface area contributed by atoms with Crippen LogP contribution in [-0.4, -0.2) is 10.9 Å². The van der Waals surface area contributed by atoms with Crippen LogP contribution in [0.5, 0.6) is 5.88 Å². The Hall–Kier alpha value is -3.99. The molecule has 4 nitrogen and oxygen atoms in total. The molecular formula is C26H21FN2O2. The van der Waals surface area contributed by atoms with E-state index in [1.807, 2.05) is 60.7 Å². The van der Waals surface area contributed by atoms with Crippen molar-refractivity contribution < 1.29 is 13.9 Å². The first-order chi connectivity index (χ1) is 15.2. The van der Waals surface area contributed by atoms with Gasteiger partial charge in [-0.25, -0.2) is 9.37 Å². The van der Waals surface area contributed by atoms with E-state index in [9.17, 15) is 9.18 Å². The van der Waals surface area contributed by atoms with Gasteiger partial charge in [0, 0.05) is 6.07 Å². The zero-order chi connectivity index (χ0) is 21.5. The summed E-state index contributed by atoms with van der Waals surface area (Å²) in [5.41, 5.74) is 3.34. The van der Waals surface area contributed by atoms with E-state index in [2.05, 4.69) is 10.3 Å². The molecule has 1 aromatic heterocycles. The molecule has 4 aromatic rings. The number of halogens is 1. The van der Waals surface area contributed by atoms with Gasteiger partial charge in [-0.2, -0.15) is 0 Å². The number of carbonyl (C=O) groups is 1. The largest absolute Gasteiger partial charge is 0.465 e. The fraction of sp³-hybridized carbons (Fsp3) is 0.0769. The number of hydrogen-bond donors (Lipinski definition) is 1. The monoisotopic (exact) mass is 412 g/mol. The number of pyridine rings is 1. The van der Waals surface area contributed by atoms with Crippen LogP contribution in [-0.2, 0) is 11.2 Å². The van der Waals surface area contributed by atoms with E-state index < -0.39 is 0 Å². The van der Waals surface area contributed by atoms with Crippen molar-refractivity contribution >= 4 is 11.6 Å². The maximum atomic E-state index is 13.0. The Balaban J connectivity index is 1.44. The molecule has 0 fully saturated rings. The van der Waals surface area contributed by atoms with Crippen LogP contribution in [0, 0.1) is 5.82 Å². The van der Waals surface area contributed by atoms with E-state index in [4.69, 9.17) is 4.74 Å². The van der Waals surface area contributed by atoms with Gasteiger partial charge in [0.25, 0.3) is 0 Å². The molecule has 0 atom stereocenters. The van der Waals surface area contributed by atoms with E-state index in [-0.39, 0.29) is 24.2 Å². The van der Waals surface area contributed by atoms with Crippen LogP contribution < -0.4 is 10.1 Å². The van der Waals surface area contributed by atoms with Crippen molar-refractivity contribution in [3.05, 3.63) is 126 Å². The molecule has 31 heavy (non-hydrogen) atoms. The molecule has 3 aromatic carbocycles. The summed E-state index contributed by atoms with van der Waals surface area (Å²) in [6.07, 6.45) is 1.42. The maximum absolute atomic E-state index is 13.0. The summed E-state index contributed by atoms with van der Waals surface area (Å²) in [4.78, 5) is 16.6. The fourth-order valence-corrected chi connectivity index (χ4v) is 3.22. The Bertz CT molecular complexity index is 1080. The predicted molar refractivity (Wildman–Crippen MR) is 118 cm³/mol. The summed E-state index contributed by atoms with van der Waals surface area (Å²) in [5.74, 6) is -0.0731. The Morgan fingerprint density at radius 3 is 2.00 bits per heavy atom. The topological polar surface area (TPSA) is 51.2 Å². The lowest BCUT2D eigenvalue weighted by atomic mass is 10.0. The molecule has 1 heterocycles. The molecule has 0 unspecified atom stereocenters. The summed E-state index contributed by atoms with van der Waals surface area (Å²) in [5, 5.41) is 2.80. The molecule has 0 saturated carbocycles. The van der Waals surface area contributed by atoms with Gasteiger partial charge in [-0.05, 0) is 34.9 Å². The molecule has 5 heteroatoms. The highest BCUT2D eigenvalue weighted by atomic mass is 19.1. The minimum Gasteiger partial charge on any atom is -0.465 e. The molecule has 1 N–H and O–H groups in total. The summed E-state index contributed by atoms with van der Waals surface area (Å²) < 4.78 is 19.2. The third-order valence-electron chi connectivity index (χ3n) is 4.74. The molecule has 154 valence electrons. The lowest BCUT2D eigenvalue weighted by molar-refractivity contribution is -0.115. The van der Waals surface area contributed by atoms with Gasteiger partial charge in [-0.15, -0.1) is 0 Å². The van der Waals surface area contributed by atoms with Gasteiger partial charge >= 0.3 is 0 Å². The van der Waals surface area contributed by atoms with Crippen LogP contribution in [0.25, 0.3) is 0 Å². The highest BCUT2D eigenvalue weighted by molar-refractivity contribution is 5.92. The van der Waals surface area contributed by atoms with Crippen LogP contribution in [0.2, 0.25) is 0 Å². The number of nitrogens with one attached hydrogen (secondary N) is 1. The molecule has 0 aliphatic carbocycles. The molecule has 1 amide bonds. The summed E-state index contributed by atoms with van der Waals surface area (Å²) >= 11 is 0. The smallest absolute Gasteiger partial charge is 0.228 e. The maximum Gasteiger partial charge on any atom is 0.228 e. The average Bonchev–Trinajstić information content (AvgIpc) is 2.81. The van der Waals surface area contributed by atoms with Crippen LogP contribution in [0.15, 0.2) is 103 Å². The summed E-state index contributed by atoms with van der Waals surface area (Å²) in [7, 11) is 0. The quantitative estimate of drug-likeness (QED) is 0.432. The highest BCUT2D eigenvalue weighted by Gasteiger charge is 2.16. The van der Waals surface area contributed by atoms with E-state index >= 15 is 0 Å². The molecule has 0 aliphatic heterocycles. The third kappa shape index (κ3) is 5.54. The van der Waals surface area contributed by atoms with Gasteiger partial charge in [0.15, 0.2) is 6.10 Å². The summed E-state index contributed by atoms with van der Waals surface area (Å²) in [6.45, 7) is 0. The number of anilines is 1. The van der Waals surface area contributed by atoms with Crippen LogP contribution >= 0.6 is 0 Å². The van der Waals surface area contributed by atoms with Crippen molar-refractivity contribution in [2.75, 3.05) is 5.32 Å². The Morgan fingerprint density at radius 1 is 0.839 bits per heavy atom. The van der Waals surface area contributed by atoms with Crippen molar-refractivity contribution in [3.63, 3.8) is 0 Å². The first-order valence-corrected chi connectivity index (χ1v) is 9.94. The second-order valence-corrected chi connectivity index (χ2v) is 7.06. The average molecular weight is 412 g/mol. The van der Waals surface area contributed by atoms with Gasteiger partial charge in [0.2, 0.25) is 11.8 Å². The number of benzene rings is 3. The SMILES string of the molecule is O=C(Cc1ccc(F)cc1)Nc1ccc(OC(c2ccccc2)c2ccccc2)nc1. The normalized spacial score (nSPS) is 10.6. The van der Waals surface area contributed by atoms with Crippen molar-refractivity contribution in [1.29, 1.82) is 0 Å². The summed E-state index contributed by atoms with van der Waals surface area (Å²) in [6, 6.07) is 29.2. The van der Waals surface area contributed by atoms with Gasteiger partial charge in [-0.1, -0.05) is 72.8 Å². The van der Waals surface area contributed by atoms with Crippen LogP contribution in [0.4, 0.5) is 10.1 Å². The fourth-order valence-electron chi connectivity index (χ4n) is 3.22.